The Bertz CT molecular complexity index is 536. The highest BCUT2D eigenvalue weighted by molar-refractivity contribution is 5.90. The zero-order valence-electron chi connectivity index (χ0n) is 11.7. The lowest BCUT2D eigenvalue weighted by Gasteiger charge is -2.15. The molecule has 4 atom stereocenters. The number of hydrogen-bond donors (Lipinski definition) is 1. The van der Waals surface area contributed by atoms with Crippen molar-refractivity contribution in [2.45, 2.75) is 44.6 Å². The van der Waals surface area contributed by atoms with Gasteiger partial charge in [0.1, 0.15) is 17.6 Å². The lowest BCUT2D eigenvalue weighted by atomic mass is 9.98. The van der Waals surface area contributed by atoms with Crippen molar-refractivity contribution in [3.05, 3.63) is 23.7 Å². The van der Waals surface area contributed by atoms with Crippen LogP contribution < -0.4 is 5.32 Å². The number of hydrogen-bond acceptors (Lipinski definition) is 4. The topological polar surface area (TPSA) is 68.5 Å². The number of carbonyl (C=O) groups excluding carboxylic acids is 2. The van der Waals surface area contributed by atoms with Crippen molar-refractivity contribution in [1.82, 2.24) is 5.32 Å². The predicted octanol–water partition coefficient (Wildman–Crippen LogP) is 1.94. The molecule has 0 radical (unpaired) electrons. The van der Waals surface area contributed by atoms with Crippen LogP contribution >= 0.6 is 0 Å². The van der Waals surface area contributed by atoms with Crippen LogP contribution in [0, 0.1) is 5.92 Å². The molecular formula is C15H19NO4. The molecule has 0 aromatic carbocycles. The van der Waals surface area contributed by atoms with E-state index in [0.29, 0.717) is 24.2 Å². The summed E-state index contributed by atoms with van der Waals surface area (Å²) in [5, 5.41) is 2.68. The number of esters is 1. The fourth-order valence-electron chi connectivity index (χ4n) is 2.86. The molecule has 1 aromatic heterocycles. The molecule has 1 aliphatic heterocycles. The third kappa shape index (κ3) is 2.32. The molecule has 4 unspecified atom stereocenters. The van der Waals surface area contributed by atoms with Gasteiger partial charge in [0.15, 0.2) is 0 Å². The predicted molar refractivity (Wildman–Crippen MR) is 71.2 cm³/mol. The number of ether oxygens (including phenoxy) is 1. The summed E-state index contributed by atoms with van der Waals surface area (Å²) in [7, 11) is 0. The van der Waals surface area contributed by atoms with E-state index in [1.165, 1.54) is 0 Å². The van der Waals surface area contributed by atoms with Gasteiger partial charge in [0.2, 0.25) is 5.91 Å². The van der Waals surface area contributed by atoms with Crippen molar-refractivity contribution in [2.75, 3.05) is 6.61 Å². The molecule has 2 heterocycles. The maximum absolute atomic E-state index is 11.9. The summed E-state index contributed by atoms with van der Waals surface area (Å²) in [6, 6.07) is 3.23. The third-order valence-electron chi connectivity index (χ3n) is 4.15. The summed E-state index contributed by atoms with van der Waals surface area (Å²) < 4.78 is 10.9. The Balaban J connectivity index is 1.78. The molecule has 0 spiro atoms. The van der Waals surface area contributed by atoms with Crippen molar-refractivity contribution in [3.8, 4) is 0 Å². The minimum Gasteiger partial charge on any atom is -0.465 e. The van der Waals surface area contributed by atoms with Crippen molar-refractivity contribution < 1.29 is 18.7 Å². The average Bonchev–Trinajstić information content (AvgIpc) is 2.84. The number of carbonyl (C=O) groups is 2. The number of furan rings is 1. The van der Waals surface area contributed by atoms with Gasteiger partial charge >= 0.3 is 5.97 Å². The molecule has 2 fully saturated rings. The number of nitrogens with one attached hydrogen (secondary N) is 1. The van der Waals surface area contributed by atoms with E-state index >= 15 is 0 Å². The highest BCUT2D eigenvalue weighted by Crippen LogP contribution is 2.48. The molecule has 20 heavy (non-hydrogen) atoms. The number of rotatable bonds is 4. The van der Waals surface area contributed by atoms with E-state index in [-0.39, 0.29) is 24.2 Å². The molecule has 5 nitrogen and oxygen atoms in total. The van der Waals surface area contributed by atoms with Gasteiger partial charge in [0.05, 0.1) is 12.5 Å². The molecule has 0 bridgehead atoms. The highest BCUT2D eigenvalue weighted by atomic mass is 16.5. The maximum Gasteiger partial charge on any atom is 0.329 e. The largest absolute Gasteiger partial charge is 0.465 e. The van der Waals surface area contributed by atoms with Crippen molar-refractivity contribution in [2.24, 2.45) is 5.92 Å². The SMILES string of the molecule is CCOC(=O)C1NC(=O)CC1c1ccc(C2CC2C)o1. The fraction of sp³-hybridized carbons (Fsp3) is 0.600. The molecule has 1 aliphatic carbocycles. The van der Waals surface area contributed by atoms with Crippen molar-refractivity contribution in [1.29, 1.82) is 0 Å². The van der Waals surface area contributed by atoms with Gasteiger partial charge in [-0.15, -0.1) is 0 Å². The van der Waals surface area contributed by atoms with Gasteiger partial charge in [0.25, 0.3) is 0 Å². The first-order valence-corrected chi connectivity index (χ1v) is 7.15. The van der Waals surface area contributed by atoms with Crippen LogP contribution in [0.25, 0.3) is 0 Å². The summed E-state index contributed by atoms with van der Waals surface area (Å²) in [5.41, 5.74) is 0. The zero-order chi connectivity index (χ0) is 14.3. The monoisotopic (exact) mass is 277 g/mol. The minimum atomic E-state index is -0.627. The van der Waals surface area contributed by atoms with Gasteiger partial charge in [-0.3, -0.25) is 4.79 Å². The summed E-state index contributed by atoms with van der Waals surface area (Å²) in [6.07, 6.45) is 1.42. The van der Waals surface area contributed by atoms with Crippen molar-refractivity contribution in [3.63, 3.8) is 0 Å². The molecule has 1 saturated heterocycles. The molecular weight excluding hydrogens is 258 g/mol. The molecule has 108 valence electrons. The first kappa shape index (κ1) is 13.2. The van der Waals surface area contributed by atoms with E-state index in [0.717, 1.165) is 12.2 Å². The van der Waals surface area contributed by atoms with Crippen LogP contribution in [0.4, 0.5) is 0 Å². The van der Waals surface area contributed by atoms with Crippen LogP contribution in [0.15, 0.2) is 16.5 Å². The quantitative estimate of drug-likeness (QED) is 0.854. The molecule has 1 saturated carbocycles. The van der Waals surface area contributed by atoms with Crippen LogP contribution in [0.5, 0.6) is 0 Å². The first-order valence-electron chi connectivity index (χ1n) is 7.15. The Kier molecular flexibility index (Phi) is 3.28. The smallest absolute Gasteiger partial charge is 0.329 e. The van der Waals surface area contributed by atoms with Crippen LogP contribution in [0.1, 0.15) is 50.0 Å². The standard InChI is InChI=1S/C15H19NO4/c1-3-19-15(18)14-10(7-13(17)16-14)12-5-4-11(20-12)9-6-8(9)2/h4-5,8-10,14H,3,6-7H2,1-2H3,(H,16,17). The summed E-state index contributed by atoms with van der Waals surface area (Å²) >= 11 is 0. The second-order valence-corrected chi connectivity index (χ2v) is 5.67. The number of amides is 1. The van der Waals surface area contributed by atoms with Gasteiger partial charge in [0, 0.05) is 12.3 Å². The maximum atomic E-state index is 11.9. The lowest BCUT2D eigenvalue weighted by molar-refractivity contribution is -0.146. The molecule has 2 aliphatic rings. The Morgan fingerprint density at radius 1 is 1.40 bits per heavy atom. The van der Waals surface area contributed by atoms with Crippen LogP contribution in [0.3, 0.4) is 0 Å². The van der Waals surface area contributed by atoms with Crippen LogP contribution in [0.2, 0.25) is 0 Å². The average molecular weight is 277 g/mol. The van der Waals surface area contributed by atoms with Crippen LogP contribution in [-0.4, -0.2) is 24.5 Å². The molecule has 1 amide bonds. The van der Waals surface area contributed by atoms with E-state index in [2.05, 4.69) is 12.2 Å². The second kappa shape index (κ2) is 4.96. The van der Waals surface area contributed by atoms with Gasteiger partial charge in [-0.2, -0.15) is 0 Å². The Labute approximate surface area is 117 Å². The van der Waals surface area contributed by atoms with Gasteiger partial charge < -0.3 is 14.5 Å². The first-order chi connectivity index (χ1) is 9.60. The van der Waals surface area contributed by atoms with Gasteiger partial charge in [-0.25, -0.2) is 4.79 Å². The molecule has 5 heteroatoms. The van der Waals surface area contributed by atoms with Crippen LogP contribution in [-0.2, 0) is 14.3 Å². The normalized spacial score (nSPS) is 32.0. The van der Waals surface area contributed by atoms with Gasteiger partial charge in [-0.05, 0) is 31.4 Å². The summed E-state index contributed by atoms with van der Waals surface area (Å²) in [4.78, 5) is 23.5. The summed E-state index contributed by atoms with van der Waals surface area (Å²) in [6.45, 7) is 4.25. The van der Waals surface area contributed by atoms with E-state index in [4.69, 9.17) is 9.15 Å². The zero-order valence-corrected chi connectivity index (χ0v) is 11.7. The minimum absolute atomic E-state index is 0.134. The summed E-state index contributed by atoms with van der Waals surface area (Å²) in [5.74, 6) is 2.05. The molecule has 1 N–H and O–H groups in total. The van der Waals surface area contributed by atoms with Gasteiger partial charge in [-0.1, -0.05) is 6.92 Å². The van der Waals surface area contributed by atoms with E-state index in [1.807, 2.05) is 12.1 Å². The molecule has 3 rings (SSSR count). The molecule has 1 aromatic rings. The highest BCUT2D eigenvalue weighted by Gasteiger charge is 2.42. The van der Waals surface area contributed by atoms with E-state index in [1.54, 1.807) is 6.92 Å². The Morgan fingerprint density at radius 2 is 2.05 bits per heavy atom. The second-order valence-electron chi connectivity index (χ2n) is 5.67. The third-order valence-corrected chi connectivity index (χ3v) is 4.15. The van der Waals surface area contributed by atoms with E-state index < -0.39 is 6.04 Å². The van der Waals surface area contributed by atoms with Crippen molar-refractivity contribution >= 4 is 11.9 Å². The Hall–Kier alpha value is -1.78. The fourth-order valence-corrected chi connectivity index (χ4v) is 2.86. The Morgan fingerprint density at radius 3 is 2.65 bits per heavy atom. The lowest BCUT2D eigenvalue weighted by Crippen LogP contribution is -2.37. The van der Waals surface area contributed by atoms with E-state index in [9.17, 15) is 9.59 Å².